The molecule has 106 valence electrons. The molecule has 0 aliphatic rings. The Hall–Kier alpha value is -2.44. The molecule has 1 amide bonds. The summed E-state index contributed by atoms with van der Waals surface area (Å²) in [4.78, 5) is 19.9. The number of nitrogens with one attached hydrogen (secondary N) is 2. The lowest BCUT2D eigenvalue weighted by Crippen LogP contribution is -2.26. The van der Waals surface area contributed by atoms with Crippen LogP contribution in [0.15, 0.2) is 54.3 Å². The molecule has 2 heterocycles. The quantitative estimate of drug-likeness (QED) is 0.692. The zero-order valence-electron chi connectivity index (χ0n) is 11.1. The van der Waals surface area contributed by atoms with Gasteiger partial charge in [-0.15, -0.1) is 11.3 Å². The van der Waals surface area contributed by atoms with Crippen LogP contribution in [0.1, 0.15) is 10.9 Å². The minimum atomic E-state index is -0.641. The highest BCUT2D eigenvalue weighted by Gasteiger charge is 2.16. The summed E-state index contributed by atoms with van der Waals surface area (Å²) in [5, 5.41) is 4.72. The number of aromatic amines is 1. The number of hydrogen-bond donors (Lipinski definition) is 3. The normalized spacial score (nSPS) is 12.0. The van der Waals surface area contributed by atoms with Crippen molar-refractivity contribution in [3.8, 4) is 11.3 Å². The van der Waals surface area contributed by atoms with E-state index in [2.05, 4.69) is 15.3 Å². The van der Waals surface area contributed by atoms with Crippen LogP contribution in [0.5, 0.6) is 0 Å². The summed E-state index contributed by atoms with van der Waals surface area (Å²) in [5.74, 6) is -0.216. The third kappa shape index (κ3) is 3.01. The second-order valence-electron chi connectivity index (χ2n) is 4.52. The number of carbonyl (C=O) groups is 1. The van der Waals surface area contributed by atoms with Crippen LogP contribution >= 0.6 is 11.3 Å². The van der Waals surface area contributed by atoms with Gasteiger partial charge in [-0.05, 0) is 29.1 Å². The maximum absolute atomic E-state index is 12.1. The zero-order chi connectivity index (χ0) is 14.7. The number of carbonyl (C=O) groups excluding carboxylic acids is 1. The lowest BCUT2D eigenvalue weighted by atomic mass is 10.1. The SMILES string of the molecule is NC(C(=O)Nc1ccc(-c2cnc[nH]2)cc1)c1cccs1. The molecule has 5 nitrogen and oxygen atoms in total. The van der Waals surface area contributed by atoms with Crippen LogP contribution in [0.3, 0.4) is 0 Å². The molecule has 0 spiro atoms. The Kier molecular flexibility index (Phi) is 3.81. The molecule has 0 saturated heterocycles. The number of thiophene rings is 1. The lowest BCUT2D eigenvalue weighted by Gasteiger charge is -2.11. The van der Waals surface area contributed by atoms with Gasteiger partial charge < -0.3 is 16.0 Å². The van der Waals surface area contributed by atoms with Crippen LogP contribution in [-0.2, 0) is 4.79 Å². The van der Waals surface area contributed by atoms with Gasteiger partial charge in [-0.2, -0.15) is 0 Å². The molecular weight excluding hydrogens is 284 g/mol. The maximum Gasteiger partial charge on any atom is 0.246 e. The van der Waals surface area contributed by atoms with Crippen molar-refractivity contribution in [1.82, 2.24) is 9.97 Å². The van der Waals surface area contributed by atoms with Crippen molar-refractivity contribution < 1.29 is 4.79 Å². The van der Waals surface area contributed by atoms with E-state index in [1.54, 1.807) is 12.5 Å². The number of nitrogens with zero attached hydrogens (tertiary/aromatic N) is 1. The fraction of sp³-hybridized carbons (Fsp3) is 0.0667. The molecule has 1 aromatic carbocycles. The molecule has 3 rings (SSSR count). The average Bonchev–Trinajstić information content (AvgIpc) is 3.20. The Morgan fingerprint density at radius 2 is 2.10 bits per heavy atom. The number of imidazole rings is 1. The highest BCUT2D eigenvalue weighted by Crippen LogP contribution is 2.21. The van der Waals surface area contributed by atoms with Gasteiger partial charge in [0.2, 0.25) is 5.91 Å². The van der Waals surface area contributed by atoms with Gasteiger partial charge in [0, 0.05) is 10.6 Å². The van der Waals surface area contributed by atoms with Crippen molar-refractivity contribution >= 4 is 22.9 Å². The predicted molar refractivity (Wildman–Crippen MR) is 83.9 cm³/mol. The Labute approximate surface area is 125 Å². The zero-order valence-corrected chi connectivity index (χ0v) is 11.9. The third-order valence-corrected chi connectivity index (χ3v) is 4.05. The minimum absolute atomic E-state index is 0.216. The van der Waals surface area contributed by atoms with Crippen molar-refractivity contribution in [1.29, 1.82) is 0 Å². The molecule has 1 atom stereocenters. The van der Waals surface area contributed by atoms with E-state index >= 15 is 0 Å². The molecule has 4 N–H and O–H groups in total. The number of anilines is 1. The summed E-state index contributed by atoms with van der Waals surface area (Å²) in [6, 6.07) is 10.6. The van der Waals surface area contributed by atoms with E-state index in [9.17, 15) is 4.79 Å². The summed E-state index contributed by atoms with van der Waals surface area (Å²) in [5.41, 5.74) is 8.58. The lowest BCUT2D eigenvalue weighted by molar-refractivity contribution is -0.117. The Bertz CT molecular complexity index is 705. The van der Waals surface area contributed by atoms with Crippen molar-refractivity contribution in [2.45, 2.75) is 6.04 Å². The van der Waals surface area contributed by atoms with Crippen LogP contribution in [0.2, 0.25) is 0 Å². The number of hydrogen-bond acceptors (Lipinski definition) is 4. The molecule has 6 heteroatoms. The highest BCUT2D eigenvalue weighted by molar-refractivity contribution is 7.10. The molecule has 2 aromatic heterocycles. The summed E-state index contributed by atoms with van der Waals surface area (Å²) >= 11 is 1.47. The van der Waals surface area contributed by atoms with Crippen LogP contribution in [0.4, 0.5) is 5.69 Å². The van der Waals surface area contributed by atoms with Gasteiger partial charge >= 0.3 is 0 Å². The van der Waals surface area contributed by atoms with Crippen molar-refractivity contribution in [2.24, 2.45) is 5.73 Å². The number of aromatic nitrogens is 2. The topological polar surface area (TPSA) is 83.8 Å². The molecule has 0 radical (unpaired) electrons. The number of H-pyrrole nitrogens is 1. The van der Waals surface area contributed by atoms with Gasteiger partial charge in [0.1, 0.15) is 6.04 Å². The van der Waals surface area contributed by atoms with E-state index in [0.29, 0.717) is 0 Å². The first kappa shape index (κ1) is 13.5. The van der Waals surface area contributed by atoms with E-state index in [-0.39, 0.29) is 5.91 Å². The molecule has 0 fully saturated rings. The second kappa shape index (κ2) is 5.90. The molecule has 0 aliphatic heterocycles. The molecule has 21 heavy (non-hydrogen) atoms. The molecule has 0 aliphatic carbocycles. The number of rotatable bonds is 4. The Balaban J connectivity index is 1.69. The van der Waals surface area contributed by atoms with Crippen molar-refractivity contribution in [3.05, 3.63) is 59.2 Å². The predicted octanol–water partition coefficient (Wildman–Crippen LogP) is 2.78. The smallest absolute Gasteiger partial charge is 0.246 e. The highest BCUT2D eigenvalue weighted by atomic mass is 32.1. The van der Waals surface area contributed by atoms with Crippen molar-refractivity contribution in [2.75, 3.05) is 5.32 Å². The van der Waals surface area contributed by atoms with Gasteiger partial charge in [-0.3, -0.25) is 4.79 Å². The summed E-state index contributed by atoms with van der Waals surface area (Å²) in [6.07, 6.45) is 3.38. The third-order valence-electron chi connectivity index (χ3n) is 3.09. The van der Waals surface area contributed by atoms with E-state index < -0.39 is 6.04 Å². The van der Waals surface area contributed by atoms with Crippen LogP contribution in [0, 0.1) is 0 Å². The van der Waals surface area contributed by atoms with E-state index in [0.717, 1.165) is 21.8 Å². The fourth-order valence-corrected chi connectivity index (χ4v) is 2.69. The van der Waals surface area contributed by atoms with Gasteiger partial charge in [-0.25, -0.2) is 4.98 Å². The monoisotopic (exact) mass is 298 g/mol. The largest absolute Gasteiger partial charge is 0.345 e. The van der Waals surface area contributed by atoms with E-state index in [1.165, 1.54) is 11.3 Å². The Morgan fingerprint density at radius 1 is 1.29 bits per heavy atom. The first-order valence-corrected chi connectivity index (χ1v) is 7.30. The Morgan fingerprint density at radius 3 is 2.71 bits per heavy atom. The molecule has 3 aromatic rings. The number of nitrogens with two attached hydrogens (primary N) is 1. The number of amides is 1. The van der Waals surface area contributed by atoms with Gasteiger partial charge in [-0.1, -0.05) is 18.2 Å². The van der Waals surface area contributed by atoms with E-state index in [4.69, 9.17) is 5.73 Å². The molecule has 1 unspecified atom stereocenters. The summed E-state index contributed by atoms with van der Waals surface area (Å²) < 4.78 is 0. The van der Waals surface area contributed by atoms with Crippen LogP contribution < -0.4 is 11.1 Å². The standard InChI is InChI=1S/C15H14N4OS/c16-14(13-2-1-7-21-13)15(20)19-11-5-3-10(4-6-11)12-8-17-9-18-12/h1-9,14H,16H2,(H,17,18)(H,19,20). The summed E-state index contributed by atoms with van der Waals surface area (Å²) in [6.45, 7) is 0. The molecular formula is C15H14N4OS. The van der Waals surface area contributed by atoms with Gasteiger partial charge in [0.05, 0.1) is 18.2 Å². The first-order chi connectivity index (χ1) is 10.2. The first-order valence-electron chi connectivity index (χ1n) is 6.43. The molecule has 0 bridgehead atoms. The average molecular weight is 298 g/mol. The van der Waals surface area contributed by atoms with E-state index in [1.807, 2.05) is 41.8 Å². The van der Waals surface area contributed by atoms with Gasteiger partial charge in [0.15, 0.2) is 0 Å². The second-order valence-corrected chi connectivity index (χ2v) is 5.50. The summed E-state index contributed by atoms with van der Waals surface area (Å²) in [7, 11) is 0. The minimum Gasteiger partial charge on any atom is -0.345 e. The van der Waals surface area contributed by atoms with Crippen LogP contribution in [-0.4, -0.2) is 15.9 Å². The van der Waals surface area contributed by atoms with Crippen LogP contribution in [0.25, 0.3) is 11.3 Å². The molecule has 0 saturated carbocycles. The van der Waals surface area contributed by atoms with Gasteiger partial charge in [0.25, 0.3) is 0 Å². The number of benzene rings is 1. The van der Waals surface area contributed by atoms with Crippen molar-refractivity contribution in [3.63, 3.8) is 0 Å². The fourth-order valence-electron chi connectivity index (χ4n) is 1.96. The maximum atomic E-state index is 12.1.